The molecular formula is C67H39N5S. The third-order valence-electron chi connectivity index (χ3n) is 15.4. The molecule has 0 aliphatic rings. The molecule has 0 aliphatic carbocycles. The van der Waals surface area contributed by atoms with Crippen LogP contribution in [0.5, 0.6) is 0 Å². The highest BCUT2D eigenvalue weighted by Gasteiger charge is 2.35. The molecule has 5 heterocycles. The van der Waals surface area contributed by atoms with Crippen molar-refractivity contribution in [2.75, 3.05) is 0 Å². The van der Waals surface area contributed by atoms with Crippen LogP contribution in [0.25, 0.3) is 141 Å². The van der Waals surface area contributed by atoms with E-state index in [2.05, 4.69) is 261 Å². The van der Waals surface area contributed by atoms with Gasteiger partial charge in [0.25, 0.3) is 0 Å². The molecule has 5 nitrogen and oxygen atoms in total. The van der Waals surface area contributed by atoms with Crippen molar-refractivity contribution in [2.24, 2.45) is 0 Å². The fourth-order valence-electron chi connectivity index (χ4n) is 12.6. The zero-order chi connectivity index (χ0) is 47.9. The topological polar surface area (TPSA) is 43.5 Å². The van der Waals surface area contributed by atoms with E-state index in [4.69, 9.17) is 0 Å². The van der Waals surface area contributed by atoms with Crippen LogP contribution in [-0.4, -0.2) is 18.3 Å². The molecular weight excluding hydrogens is 907 g/mol. The zero-order valence-electron chi connectivity index (χ0n) is 39.2. The molecule has 73 heavy (non-hydrogen) atoms. The van der Waals surface area contributed by atoms with Crippen LogP contribution in [0.3, 0.4) is 0 Å². The molecule has 0 amide bonds. The van der Waals surface area contributed by atoms with Gasteiger partial charge in [-0.05, 0) is 66.2 Å². The first-order chi connectivity index (χ1) is 36.3. The van der Waals surface area contributed by atoms with Crippen molar-refractivity contribution >= 4 is 119 Å². The van der Waals surface area contributed by atoms with E-state index in [1.54, 1.807) is 0 Å². The Hall–Kier alpha value is -9.67. The fourth-order valence-corrected chi connectivity index (χ4v) is 13.7. The molecule has 0 spiro atoms. The summed E-state index contributed by atoms with van der Waals surface area (Å²) in [5.74, 6) is 0. The Morgan fingerprint density at radius 1 is 0.274 bits per heavy atom. The second-order valence-electron chi connectivity index (χ2n) is 19.0. The van der Waals surface area contributed by atoms with Crippen molar-refractivity contribution in [1.29, 1.82) is 5.26 Å². The van der Waals surface area contributed by atoms with Crippen LogP contribution in [0.2, 0.25) is 0 Å². The Bertz CT molecular complexity index is 4600. The number of thiophene rings is 1. The van der Waals surface area contributed by atoms with Crippen molar-refractivity contribution in [1.82, 2.24) is 18.3 Å². The molecule has 0 N–H and O–H groups in total. The van der Waals surface area contributed by atoms with Crippen LogP contribution in [0.4, 0.5) is 0 Å². The lowest BCUT2D eigenvalue weighted by atomic mass is 9.91. The fraction of sp³-hybridized carbons (Fsp3) is 0. The first-order valence-electron chi connectivity index (χ1n) is 24.8. The van der Waals surface area contributed by atoms with Crippen molar-refractivity contribution in [2.45, 2.75) is 0 Å². The number of para-hydroxylation sites is 8. The highest BCUT2D eigenvalue weighted by Crippen LogP contribution is 2.54. The molecule has 0 atom stereocenters. The lowest BCUT2D eigenvalue weighted by Gasteiger charge is -2.29. The lowest BCUT2D eigenvalue weighted by molar-refractivity contribution is 1.04. The summed E-state index contributed by atoms with van der Waals surface area (Å²) in [6.45, 7) is 0. The molecule has 0 bridgehead atoms. The molecule has 5 aromatic heterocycles. The lowest BCUT2D eigenvalue weighted by Crippen LogP contribution is -2.16. The zero-order valence-corrected chi connectivity index (χ0v) is 40.0. The molecule has 6 heteroatoms. The first kappa shape index (κ1) is 40.1. The van der Waals surface area contributed by atoms with E-state index in [9.17, 15) is 5.26 Å². The number of nitriles is 1. The van der Waals surface area contributed by atoms with Gasteiger partial charge in [0.1, 0.15) is 11.6 Å². The quantitative estimate of drug-likeness (QED) is 0.170. The predicted octanol–water partition coefficient (Wildman–Crippen LogP) is 18.0. The van der Waals surface area contributed by atoms with Gasteiger partial charge >= 0.3 is 0 Å². The third kappa shape index (κ3) is 5.38. The maximum absolute atomic E-state index is 12.8. The molecule has 0 saturated heterocycles. The highest BCUT2D eigenvalue weighted by molar-refractivity contribution is 7.26. The van der Waals surface area contributed by atoms with Crippen LogP contribution in [0.1, 0.15) is 5.56 Å². The summed E-state index contributed by atoms with van der Waals surface area (Å²) in [7, 11) is 0. The summed E-state index contributed by atoms with van der Waals surface area (Å²) in [4.78, 5) is 0. The number of fused-ring (bicyclic) bond motifs is 15. The Labute approximate surface area is 422 Å². The average Bonchev–Trinajstić information content (AvgIpc) is 4.25. The van der Waals surface area contributed by atoms with Crippen LogP contribution in [0.15, 0.2) is 237 Å². The number of benzene rings is 11. The highest BCUT2D eigenvalue weighted by atomic mass is 32.1. The molecule has 0 fully saturated rings. The molecule has 0 radical (unpaired) electrons. The number of hydrogen-bond donors (Lipinski definition) is 0. The van der Waals surface area contributed by atoms with E-state index in [1.807, 2.05) is 11.3 Å². The normalized spacial score (nSPS) is 12.1. The summed E-state index contributed by atoms with van der Waals surface area (Å²) in [6.07, 6.45) is 0. The van der Waals surface area contributed by atoms with Gasteiger partial charge in [-0.3, -0.25) is 0 Å². The van der Waals surface area contributed by atoms with Crippen molar-refractivity contribution < 1.29 is 0 Å². The van der Waals surface area contributed by atoms with Crippen molar-refractivity contribution in [3.63, 3.8) is 0 Å². The Kier molecular flexibility index (Phi) is 8.33. The minimum absolute atomic E-state index is 0.554. The first-order valence-corrected chi connectivity index (χ1v) is 25.6. The minimum Gasteiger partial charge on any atom is -0.306 e. The van der Waals surface area contributed by atoms with E-state index in [-0.39, 0.29) is 0 Å². The second-order valence-corrected chi connectivity index (χ2v) is 20.1. The Morgan fingerprint density at radius 3 is 0.877 bits per heavy atom. The molecule has 11 aromatic carbocycles. The summed E-state index contributed by atoms with van der Waals surface area (Å²) in [5.41, 5.74) is 14.4. The van der Waals surface area contributed by atoms with E-state index < -0.39 is 0 Å². The van der Waals surface area contributed by atoms with Gasteiger partial charge in [0, 0.05) is 68.8 Å². The Balaban J connectivity index is 1.30. The summed E-state index contributed by atoms with van der Waals surface area (Å²) in [6, 6.07) is 88.7. The Morgan fingerprint density at radius 2 is 0.548 bits per heavy atom. The number of rotatable bonds is 5. The van der Waals surface area contributed by atoms with E-state index in [0.717, 1.165) is 121 Å². The van der Waals surface area contributed by atoms with Gasteiger partial charge < -0.3 is 18.3 Å². The minimum atomic E-state index is 0.554. The third-order valence-corrected chi connectivity index (χ3v) is 16.5. The van der Waals surface area contributed by atoms with Gasteiger partial charge in [-0.2, -0.15) is 5.26 Å². The van der Waals surface area contributed by atoms with Crippen molar-refractivity contribution in [3.8, 4) is 39.9 Å². The van der Waals surface area contributed by atoms with Crippen LogP contribution < -0.4 is 0 Å². The number of hydrogen-bond acceptors (Lipinski definition) is 2. The summed E-state index contributed by atoms with van der Waals surface area (Å²) >= 11 is 1.83. The van der Waals surface area contributed by atoms with E-state index in [1.165, 1.54) is 20.2 Å². The van der Waals surface area contributed by atoms with Crippen molar-refractivity contribution in [3.05, 3.63) is 242 Å². The number of aromatic nitrogens is 4. The van der Waals surface area contributed by atoms with Crippen LogP contribution in [-0.2, 0) is 0 Å². The number of nitrogens with zero attached hydrogens (tertiary/aromatic N) is 5. The maximum atomic E-state index is 12.8. The van der Waals surface area contributed by atoms with Gasteiger partial charge in [-0.15, -0.1) is 11.3 Å². The van der Waals surface area contributed by atoms with Gasteiger partial charge in [0.05, 0.1) is 66.9 Å². The molecule has 0 aliphatic heterocycles. The molecule has 0 saturated carbocycles. The largest absolute Gasteiger partial charge is 0.306 e. The van der Waals surface area contributed by atoms with Crippen LogP contribution in [0, 0.1) is 11.3 Å². The smallest absolute Gasteiger partial charge is 0.104 e. The van der Waals surface area contributed by atoms with Gasteiger partial charge in [0.2, 0.25) is 0 Å². The molecule has 16 rings (SSSR count). The second kappa shape index (κ2) is 15.2. The van der Waals surface area contributed by atoms with Gasteiger partial charge in [-0.25, -0.2) is 0 Å². The monoisotopic (exact) mass is 945 g/mol. The standard InChI is InChI=1S/C67H39N5S/c68-40-51-64(69-52-30-10-1-20-41(52)42-21-2-11-31-53(42)69)66(71-56-34-14-5-24-45(56)46-25-6-15-35-57(46)71)63(50-29-19-39-61-62(50)49-28-9-18-38-60(49)73-61)67(72-58-36-16-7-26-47(58)48-27-8-17-37-59(48)72)65(51)70-54-32-12-3-22-43(54)44-23-4-13-33-55(44)70/h1-39H. The SMILES string of the molecule is N#Cc1c(-n2c3ccccc3c3ccccc32)c(-n2c3ccccc3c3ccccc32)c(-c2cccc3sc4ccccc4c23)c(-n2c3ccccc3c3ccccc32)c1-n1c2ccccc2c2ccccc21. The predicted molar refractivity (Wildman–Crippen MR) is 307 cm³/mol. The molecule has 338 valence electrons. The van der Waals surface area contributed by atoms with E-state index in [0.29, 0.717) is 5.56 Å². The summed E-state index contributed by atoms with van der Waals surface area (Å²) < 4.78 is 12.2. The maximum Gasteiger partial charge on any atom is 0.104 e. The van der Waals surface area contributed by atoms with Gasteiger partial charge in [-0.1, -0.05) is 176 Å². The van der Waals surface area contributed by atoms with E-state index >= 15 is 0 Å². The molecule has 0 unspecified atom stereocenters. The van der Waals surface area contributed by atoms with Gasteiger partial charge in [0.15, 0.2) is 0 Å². The summed E-state index contributed by atoms with van der Waals surface area (Å²) in [5, 5.41) is 24.2. The average molecular weight is 946 g/mol. The molecule has 16 aromatic rings. The van der Waals surface area contributed by atoms with Crippen LogP contribution >= 0.6 is 11.3 Å².